The first-order chi connectivity index (χ1) is 11.8. The Morgan fingerprint density at radius 2 is 1.88 bits per heavy atom. The number of aliphatic hydroxyl groups excluding tert-OH is 1. The maximum Gasteiger partial charge on any atom is 0.628 e. The molecular formula is C16H23BN2O6. The van der Waals surface area contributed by atoms with Crippen LogP contribution in [0.5, 0.6) is 0 Å². The molecule has 136 valence electrons. The van der Waals surface area contributed by atoms with Gasteiger partial charge < -0.3 is 19.7 Å². The van der Waals surface area contributed by atoms with Crippen molar-refractivity contribution < 1.29 is 28.8 Å². The van der Waals surface area contributed by atoms with Gasteiger partial charge in [-0.25, -0.2) is 0 Å². The molecule has 0 aromatic carbocycles. The number of carbonyl (C=O) groups is 3. The average molecular weight is 350 g/mol. The molecule has 0 bridgehead atoms. The van der Waals surface area contributed by atoms with Crippen LogP contribution in [0.15, 0.2) is 35.9 Å². The van der Waals surface area contributed by atoms with Gasteiger partial charge in [0, 0.05) is 11.6 Å². The summed E-state index contributed by atoms with van der Waals surface area (Å²) in [5, 5.41) is 11.5. The van der Waals surface area contributed by atoms with E-state index in [1.54, 1.807) is 45.2 Å². The lowest BCUT2D eigenvalue weighted by Crippen LogP contribution is -2.41. The topological polar surface area (TPSA) is 105 Å². The highest BCUT2D eigenvalue weighted by Crippen LogP contribution is 2.01. The monoisotopic (exact) mass is 350 g/mol. The van der Waals surface area contributed by atoms with Gasteiger partial charge >= 0.3 is 19.1 Å². The normalized spacial score (nSPS) is 18.7. The number of nitrogens with one attached hydrogen (secondary N) is 1. The Balaban J connectivity index is 2.55. The van der Waals surface area contributed by atoms with Crippen LogP contribution in [0.4, 0.5) is 0 Å². The molecule has 1 fully saturated rings. The zero-order chi connectivity index (χ0) is 18.8. The lowest BCUT2D eigenvalue weighted by atomic mass is 9.89. The molecule has 1 saturated heterocycles. The number of amides is 1. The minimum Gasteiger partial charge on any atom is -0.495 e. The largest absolute Gasteiger partial charge is 0.628 e. The van der Waals surface area contributed by atoms with E-state index in [-0.39, 0.29) is 31.6 Å². The summed E-state index contributed by atoms with van der Waals surface area (Å²) in [6.45, 7) is 3.23. The zero-order valence-electron chi connectivity index (χ0n) is 14.6. The fourth-order valence-electron chi connectivity index (χ4n) is 1.81. The first-order valence-electron chi connectivity index (χ1n) is 7.82. The number of likely N-dealkylation sites (N-methyl/N-ethyl adjacent to an activating group) is 1. The van der Waals surface area contributed by atoms with Gasteiger partial charge in [0.15, 0.2) is 0 Å². The van der Waals surface area contributed by atoms with Crippen LogP contribution in [0.25, 0.3) is 0 Å². The lowest BCUT2D eigenvalue weighted by Gasteiger charge is -2.20. The third-order valence-electron chi connectivity index (χ3n) is 3.14. The summed E-state index contributed by atoms with van der Waals surface area (Å²) in [6, 6.07) is -0.317. The third kappa shape index (κ3) is 8.32. The molecule has 2 N–H and O–H groups in total. The second-order valence-corrected chi connectivity index (χ2v) is 5.70. The molecule has 0 unspecified atom stereocenters. The number of carbonyl (C=O) groups excluding carboxylic acids is 3. The molecule has 1 aliphatic rings. The van der Waals surface area contributed by atoms with Crippen LogP contribution in [-0.2, 0) is 23.7 Å². The van der Waals surface area contributed by atoms with Crippen molar-refractivity contribution in [1.29, 1.82) is 0 Å². The van der Waals surface area contributed by atoms with Crippen molar-refractivity contribution in [2.75, 3.05) is 26.7 Å². The Labute approximate surface area is 147 Å². The van der Waals surface area contributed by atoms with Crippen molar-refractivity contribution in [3.8, 4) is 0 Å². The standard InChI is InChI=1S/C16H23BN2O6/c1-12(16(23)18-13(2)11-20)7-5-4-6-8-17-24-14(21)9-19(3)10-15(22)25-17/h4-8,13,20H,9-11H2,1-3H3,(H,18,23)/b5-4+,8-6+,12-7+/t13-/m0/s1. The Morgan fingerprint density at radius 1 is 1.28 bits per heavy atom. The first-order valence-corrected chi connectivity index (χ1v) is 7.82. The molecule has 0 aromatic rings. The Morgan fingerprint density at radius 3 is 2.44 bits per heavy atom. The minimum atomic E-state index is -1.07. The molecule has 1 amide bonds. The van der Waals surface area contributed by atoms with Gasteiger partial charge in [0.25, 0.3) is 0 Å². The van der Waals surface area contributed by atoms with Gasteiger partial charge in [0.05, 0.1) is 19.7 Å². The summed E-state index contributed by atoms with van der Waals surface area (Å²) >= 11 is 0. The summed E-state index contributed by atoms with van der Waals surface area (Å²) in [5.41, 5.74) is 0.469. The van der Waals surface area contributed by atoms with Crippen LogP contribution in [0.1, 0.15) is 13.8 Å². The molecule has 0 aliphatic carbocycles. The van der Waals surface area contributed by atoms with E-state index < -0.39 is 19.1 Å². The molecule has 0 saturated carbocycles. The molecule has 1 aliphatic heterocycles. The van der Waals surface area contributed by atoms with Crippen molar-refractivity contribution >= 4 is 25.0 Å². The van der Waals surface area contributed by atoms with Crippen LogP contribution in [-0.4, -0.2) is 67.8 Å². The molecule has 0 aromatic heterocycles. The lowest BCUT2D eigenvalue weighted by molar-refractivity contribution is -0.145. The van der Waals surface area contributed by atoms with E-state index in [1.807, 2.05) is 0 Å². The second kappa shape index (κ2) is 10.5. The van der Waals surface area contributed by atoms with Gasteiger partial charge in [-0.15, -0.1) is 0 Å². The quantitative estimate of drug-likeness (QED) is 0.382. The van der Waals surface area contributed by atoms with Crippen molar-refractivity contribution in [2.45, 2.75) is 19.9 Å². The minimum absolute atomic E-state index is 0.0125. The SMILES string of the molecule is C\C(=C/C=C/C=C/B1OC(=O)CN(C)CC(=O)O1)C(=O)N[C@@H](C)CO. The molecule has 1 rings (SSSR count). The van der Waals surface area contributed by atoms with Crippen molar-refractivity contribution in [1.82, 2.24) is 10.2 Å². The summed E-state index contributed by atoms with van der Waals surface area (Å²) in [6.07, 6.45) is 6.37. The maximum atomic E-state index is 11.7. The number of hydrogen-bond acceptors (Lipinski definition) is 7. The molecule has 25 heavy (non-hydrogen) atoms. The number of allylic oxidation sites excluding steroid dienone is 4. The summed E-state index contributed by atoms with van der Waals surface area (Å²) < 4.78 is 10.0. The van der Waals surface area contributed by atoms with Gasteiger partial charge in [-0.3, -0.25) is 19.3 Å². The summed E-state index contributed by atoms with van der Waals surface area (Å²) in [5.74, 6) is 0.176. The van der Waals surface area contributed by atoms with E-state index in [4.69, 9.17) is 14.4 Å². The number of hydrogen-bond donors (Lipinski definition) is 2. The van der Waals surface area contributed by atoms with Gasteiger partial charge in [0.1, 0.15) is 0 Å². The summed E-state index contributed by atoms with van der Waals surface area (Å²) in [4.78, 5) is 36.3. The molecule has 1 atom stereocenters. The van der Waals surface area contributed by atoms with Crippen LogP contribution in [0.3, 0.4) is 0 Å². The summed E-state index contributed by atoms with van der Waals surface area (Å²) in [7, 11) is 0.546. The fraction of sp³-hybridized carbons (Fsp3) is 0.438. The van der Waals surface area contributed by atoms with Gasteiger partial charge in [0.2, 0.25) is 5.91 Å². The van der Waals surface area contributed by atoms with Gasteiger partial charge in [-0.2, -0.15) is 0 Å². The molecule has 0 spiro atoms. The van der Waals surface area contributed by atoms with E-state index in [9.17, 15) is 14.4 Å². The fourth-order valence-corrected chi connectivity index (χ4v) is 1.81. The Bertz CT molecular complexity index is 567. The number of aliphatic hydroxyl groups is 1. The smallest absolute Gasteiger partial charge is 0.495 e. The van der Waals surface area contributed by atoms with Gasteiger partial charge in [-0.1, -0.05) is 24.3 Å². The van der Waals surface area contributed by atoms with E-state index in [1.165, 1.54) is 10.9 Å². The molecule has 0 radical (unpaired) electrons. The van der Waals surface area contributed by atoms with E-state index in [0.29, 0.717) is 5.57 Å². The van der Waals surface area contributed by atoms with Crippen LogP contribution in [0.2, 0.25) is 0 Å². The highest BCUT2D eigenvalue weighted by Gasteiger charge is 2.28. The van der Waals surface area contributed by atoms with E-state index >= 15 is 0 Å². The highest BCUT2D eigenvalue weighted by atomic mass is 16.6. The van der Waals surface area contributed by atoms with E-state index in [2.05, 4.69) is 5.32 Å². The van der Waals surface area contributed by atoms with Crippen molar-refractivity contribution in [2.24, 2.45) is 0 Å². The second-order valence-electron chi connectivity index (χ2n) is 5.70. The van der Waals surface area contributed by atoms with Crippen LogP contribution in [0, 0.1) is 0 Å². The Kier molecular flexibility index (Phi) is 8.66. The molecule has 9 heteroatoms. The molecule has 8 nitrogen and oxygen atoms in total. The third-order valence-corrected chi connectivity index (χ3v) is 3.14. The van der Waals surface area contributed by atoms with E-state index in [0.717, 1.165) is 0 Å². The predicted octanol–water partition coefficient (Wildman–Crippen LogP) is -0.399. The Hall–Kier alpha value is -2.39. The maximum absolute atomic E-state index is 11.7. The molecular weight excluding hydrogens is 327 g/mol. The number of nitrogens with zero attached hydrogens (tertiary/aromatic N) is 1. The first kappa shape index (κ1) is 20.7. The zero-order valence-corrected chi connectivity index (χ0v) is 14.6. The van der Waals surface area contributed by atoms with Crippen LogP contribution < -0.4 is 5.32 Å². The average Bonchev–Trinajstić information content (AvgIpc) is 2.52. The predicted molar refractivity (Wildman–Crippen MR) is 92.2 cm³/mol. The van der Waals surface area contributed by atoms with Crippen LogP contribution >= 0.6 is 0 Å². The van der Waals surface area contributed by atoms with Crippen molar-refractivity contribution in [3.05, 3.63) is 35.9 Å². The number of rotatable bonds is 6. The van der Waals surface area contributed by atoms with Gasteiger partial charge in [-0.05, 0) is 26.9 Å². The van der Waals surface area contributed by atoms with Crippen molar-refractivity contribution in [3.63, 3.8) is 0 Å². The highest BCUT2D eigenvalue weighted by molar-refractivity contribution is 6.54. The molecule has 1 heterocycles.